The Morgan fingerprint density at radius 1 is 0.852 bits per heavy atom. The molecular formula is C18H14N4O5. The van der Waals surface area contributed by atoms with Crippen LogP contribution in [0.25, 0.3) is 22.1 Å². The smallest absolute Gasteiger partial charge is 0.337 e. The van der Waals surface area contributed by atoms with E-state index in [0.29, 0.717) is 22.1 Å². The summed E-state index contributed by atoms with van der Waals surface area (Å²) in [6, 6.07) is 6.71. The molecule has 9 nitrogen and oxygen atoms in total. The molecule has 0 atom stereocenters. The quantitative estimate of drug-likeness (QED) is 0.538. The van der Waals surface area contributed by atoms with Gasteiger partial charge in [-0.3, -0.25) is 0 Å². The molecule has 4 aromatic rings. The van der Waals surface area contributed by atoms with E-state index in [1.54, 1.807) is 45.8 Å². The Kier molecular flexibility index (Phi) is 4.05. The third kappa shape index (κ3) is 2.89. The molecule has 4 aromatic heterocycles. The monoisotopic (exact) mass is 366 g/mol. The van der Waals surface area contributed by atoms with E-state index < -0.39 is 11.9 Å². The van der Waals surface area contributed by atoms with Crippen LogP contribution in [0, 0.1) is 0 Å². The van der Waals surface area contributed by atoms with Gasteiger partial charge in [0.25, 0.3) is 0 Å². The number of fused-ring (bicyclic) bond motifs is 2. The number of aromatic carboxylic acids is 2. The molecule has 0 amide bonds. The minimum absolute atomic E-state index is 0.0513. The van der Waals surface area contributed by atoms with Gasteiger partial charge in [-0.05, 0) is 24.3 Å². The molecule has 0 spiro atoms. The van der Waals surface area contributed by atoms with E-state index in [1.807, 2.05) is 0 Å². The lowest BCUT2D eigenvalue weighted by molar-refractivity contribution is 0.0313. The van der Waals surface area contributed by atoms with Gasteiger partial charge >= 0.3 is 11.9 Å². The number of ether oxygens (including phenoxy) is 1. The van der Waals surface area contributed by atoms with Crippen LogP contribution < -0.4 is 0 Å². The maximum Gasteiger partial charge on any atom is 0.337 e. The first-order chi connectivity index (χ1) is 13.1. The van der Waals surface area contributed by atoms with Gasteiger partial charge in [0.15, 0.2) is 0 Å². The lowest BCUT2D eigenvalue weighted by Crippen LogP contribution is -2.07. The topological polar surface area (TPSA) is 119 Å². The molecular weight excluding hydrogens is 352 g/mol. The van der Waals surface area contributed by atoms with Crippen molar-refractivity contribution in [1.82, 2.24) is 19.1 Å². The number of rotatable bonds is 6. The van der Waals surface area contributed by atoms with Crippen molar-refractivity contribution in [2.24, 2.45) is 0 Å². The molecule has 27 heavy (non-hydrogen) atoms. The molecule has 136 valence electrons. The van der Waals surface area contributed by atoms with E-state index in [-0.39, 0.29) is 24.6 Å². The third-order valence-electron chi connectivity index (χ3n) is 4.19. The van der Waals surface area contributed by atoms with E-state index in [9.17, 15) is 19.8 Å². The first-order valence-electron chi connectivity index (χ1n) is 7.98. The fourth-order valence-electron chi connectivity index (χ4n) is 3.02. The Hall–Kier alpha value is -3.72. The van der Waals surface area contributed by atoms with Gasteiger partial charge in [0.2, 0.25) is 0 Å². The second-order valence-electron chi connectivity index (χ2n) is 5.85. The Labute approximate surface area is 152 Å². The van der Waals surface area contributed by atoms with Crippen LogP contribution in [0.4, 0.5) is 0 Å². The van der Waals surface area contributed by atoms with Crippen LogP contribution in [0.3, 0.4) is 0 Å². The highest BCUT2D eigenvalue weighted by molar-refractivity contribution is 6.03. The van der Waals surface area contributed by atoms with Crippen LogP contribution in [-0.4, -0.2) is 41.3 Å². The molecule has 9 heteroatoms. The van der Waals surface area contributed by atoms with Crippen molar-refractivity contribution in [3.05, 3.63) is 60.2 Å². The zero-order valence-corrected chi connectivity index (χ0v) is 13.9. The second kappa shape index (κ2) is 6.54. The van der Waals surface area contributed by atoms with Gasteiger partial charge < -0.3 is 24.1 Å². The summed E-state index contributed by atoms with van der Waals surface area (Å²) >= 11 is 0. The van der Waals surface area contributed by atoms with Crippen molar-refractivity contribution in [1.29, 1.82) is 0 Å². The average Bonchev–Trinajstić information content (AvgIpc) is 3.21. The Morgan fingerprint density at radius 3 is 1.70 bits per heavy atom. The number of pyridine rings is 2. The maximum absolute atomic E-state index is 11.4. The van der Waals surface area contributed by atoms with E-state index in [4.69, 9.17) is 4.74 Å². The highest BCUT2D eigenvalue weighted by Crippen LogP contribution is 2.21. The molecule has 0 aliphatic carbocycles. The molecule has 4 rings (SSSR count). The van der Waals surface area contributed by atoms with E-state index in [0.717, 1.165) is 0 Å². The van der Waals surface area contributed by atoms with Crippen LogP contribution >= 0.6 is 0 Å². The van der Waals surface area contributed by atoms with Gasteiger partial charge in [0.1, 0.15) is 24.8 Å². The van der Waals surface area contributed by atoms with Gasteiger partial charge in [0.05, 0.1) is 11.1 Å². The van der Waals surface area contributed by atoms with Crippen molar-refractivity contribution >= 4 is 34.0 Å². The van der Waals surface area contributed by atoms with Gasteiger partial charge in [-0.15, -0.1) is 0 Å². The molecule has 0 saturated heterocycles. The molecule has 0 aliphatic heterocycles. The largest absolute Gasteiger partial charge is 0.478 e. The predicted octanol–water partition coefficient (Wildman–Crippen LogP) is 2.41. The van der Waals surface area contributed by atoms with Gasteiger partial charge in [-0.1, -0.05) is 0 Å². The average molecular weight is 366 g/mol. The Bertz CT molecular complexity index is 1090. The molecule has 0 aliphatic rings. The summed E-state index contributed by atoms with van der Waals surface area (Å²) in [7, 11) is 0. The summed E-state index contributed by atoms with van der Waals surface area (Å²) in [6.07, 6.45) is 6.09. The lowest BCUT2D eigenvalue weighted by atomic mass is 10.2. The highest BCUT2D eigenvalue weighted by Gasteiger charge is 2.16. The lowest BCUT2D eigenvalue weighted by Gasteiger charge is -2.08. The number of hydrogen-bond donors (Lipinski definition) is 2. The minimum Gasteiger partial charge on any atom is -0.478 e. The van der Waals surface area contributed by atoms with Crippen molar-refractivity contribution in [3.63, 3.8) is 0 Å². The fraction of sp³-hybridized carbons (Fsp3) is 0.111. The SMILES string of the molecule is O=C(O)c1cn(COCn2cc(C(=O)O)c3cccnc32)c2ncccc12. The number of nitrogens with zero attached hydrogens (tertiary/aromatic N) is 4. The first-order valence-corrected chi connectivity index (χ1v) is 7.98. The number of carboxylic acid groups (broad SMARTS) is 2. The summed E-state index contributed by atoms with van der Waals surface area (Å²) in [5, 5.41) is 19.7. The van der Waals surface area contributed by atoms with E-state index in [2.05, 4.69) is 9.97 Å². The molecule has 0 aromatic carbocycles. The maximum atomic E-state index is 11.4. The fourth-order valence-corrected chi connectivity index (χ4v) is 3.02. The van der Waals surface area contributed by atoms with Gasteiger partial charge in [0, 0.05) is 35.6 Å². The third-order valence-corrected chi connectivity index (χ3v) is 4.19. The minimum atomic E-state index is -1.04. The molecule has 0 fully saturated rings. The normalized spacial score (nSPS) is 11.3. The van der Waals surface area contributed by atoms with Crippen molar-refractivity contribution < 1.29 is 24.5 Å². The number of carbonyl (C=O) groups is 2. The second-order valence-corrected chi connectivity index (χ2v) is 5.85. The zero-order chi connectivity index (χ0) is 19.0. The van der Waals surface area contributed by atoms with Crippen LogP contribution in [0.1, 0.15) is 20.7 Å². The standard InChI is InChI=1S/C18H14N4O5/c23-17(24)13-7-21(15-11(13)3-1-5-19-15)9-27-10-22-8-14(18(25)26)12-4-2-6-20-16(12)22/h1-8H,9-10H2,(H,23,24)(H,25,26). The summed E-state index contributed by atoms with van der Waals surface area (Å²) in [5.74, 6) is -2.09. The molecule has 0 unspecified atom stereocenters. The molecule has 2 N–H and O–H groups in total. The van der Waals surface area contributed by atoms with Crippen LogP contribution in [0.2, 0.25) is 0 Å². The first kappa shape index (κ1) is 16.7. The van der Waals surface area contributed by atoms with Crippen molar-refractivity contribution in [2.45, 2.75) is 13.5 Å². The molecule has 4 heterocycles. The zero-order valence-electron chi connectivity index (χ0n) is 13.9. The van der Waals surface area contributed by atoms with Crippen LogP contribution in [0.15, 0.2) is 49.1 Å². The Balaban J connectivity index is 1.59. The van der Waals surface area contributed by atoms with Gasteiger partial charge in [-0.2, -0.15) is 0 Å². The Morgan fingerprint density at radius 2 is 1.30 bits per heavy atom. The summed E-state index contributed by atoms with van der Waals surface area (Å²) in [6.45, 7) is 0.103. The molecule has 0 bridgehead atoms. The van der Waals surface area contributed by atoms with Crippen LogP contribution in [0.5, 0.6) is 0 Å². The summed E-state index contributed by atoms with van der Waals surface area (Å²) in [5.41, 5.74) is 1.28. The predicted molar refractivity (Wildman–Crippen MR) is 94.5 cm³/mol. The number of hydrogen-bond acceptors (Lipinski definition) is 5. The molecule has 0 saturated carbocycles. The summed E-state index contributed by atoms with van der Waals surface area (Å²) in [4.78, 5) is 31.2. The van der Waals surface area contributed by atoms with Crippen molar-refractivity contribution in [2.75, 3.05) is 0 Å². The highest BCUT2D eigenvalue weighted by atomic mass is 16.5. The summed E-state index contributed by atoms with van der Waals surface area (Å²) < 4.78 is 8.85. The van der Waals surface area contributed by atoms with Gasteiger partial charge in [-0.25, -0.2) is 19.6 Å². The number of carboxylic acids is 2. The van der Waals surface area contributed by atoms with Crippen molar-refractivity contribution in [3.8, 4) is 0 Å². The molecule has 0 radical (unpaired) electrons. The van der Waals surface area contributed by atoms with Crippen LogP contribution in [-0.2, 0) is 18.2 Å². The number of aromatic nitrogens is 4. The van der Waals surface area contributed by atoms with E-state index >= 15 is 0 Å². The van der Waals surface area contributed by atoms with E-state index in [1.165, 1.54) is 12.4 Å².